The molecular formula is C26H21FN4O5S. The number of anilines is 2. The molecule has 3 N–H and O–H groups in total. The Morgan fingerprint density at radius 1 is 0.946 bits per heavy atom. The molecular weight excluding hydrogens is 499 g/mol. The van der Waals surface area contributed by atoms with Crippen LogP contribution < -0.4 is 20.9 Å². The number of aromatic nitrogens is 1. The van der Waals surface area contributed by atoms with Gasteiger partial charge in [0.2, 0.25) is 0 Å². The number of rotatable bonds is 6. The number of urea groups is 1. The number of aryl methyl sites for hydroxylation is 1. The van der Waals surface area contributed by atoms with Gasteiger partial charge in [0.15, 0.2) is 0 Å². The van der Waals surface area contributed by atoms with Crippen molar-refractivity contribution in [3.8, 4) is 22.8 Å². The van der Waals surface area contributed by atoms with E-state index >= 15 is 0 Å². The zero-order valence-corrected chi connectivity index (χ0v) is 20.5. The lowest BCUT2D eigenvalue weighted by Crippen LogP contribution is -2.24. The second-order valence-corrected chi connectivity index (χ2v) is 8.70. The fourth-order valence-electron chi connectivity index (χ4n) is 3.15. The van der Waals surface area contributed by atoms with Crippen molar-refractivity contribution in [2.45, 2.75) is 13.8 Å². The Kier molecular flexibility index (Phi) is 7.74. The first-order chi connectivity index (χ1) is 17.8. The minimum atomic E-state index is -0.624. The van der Waals surface area contributed by atoms with Crippen molar-refractivity contribution in [1.82, 2.24) is 10.5 Å². The minimum Gasteiger partial charge on any atom is -0.457 e. The summed E-state index contributed by atoms with van der Waals surface area (Å²) in [6.07, 6.45) is 1.58. The molecule has 0 saturated carbocycles. The lowest BCUT2D eigenvalue weighted by Gasteiger charge is -2.10. The number of carbonyl (C=O) groups excluding carboxylic acids is 3. The normalized spacial score (nSPS) is 10.4. The topological polar surface area (TPSA) is 119 Å². The van der Waals surface area contributed by atoms with E-state index < -0.39 is 23.7 Å². The second-order valence-electron chi connectivity index (χ2n) is 7.79. The molecule has 0 unspecified atom stereocenters. The summed E-state index contributed by atoms with van der Waals surface area (Å²) in [5, 5.41) is 6.88. The zero-order chi connectivity index (χ0) is 26.4. The third kappa shape index (κ3) is 6.89. The van der Waals surface area contributed by atoms with Crippen LogP contribution in [-0.4, -0.2) is 22.9 Å². The number of thiophene rings is 1. The fraction of sp³-hybridized carbons (Fsp3) is 0.0769. The number of benzene rings is 2. The maximum absolute atomic E-state index is 13.9. The van der Waals surface area contributed by atoms with E-state index in [0.717, 1.165) is 5.56 Å². The largest absolute Gasteiger partial charge is 0.457 e. The highest BCUT2D eigenvalue weighted by molar-refractivity contribution is 7.12. The number of halogens is 1. The maximum atomic E-state index is 13.9. The molecule has 0 aliphatic heterocycles. The van der Waals surface area contributed by atoms with Crippen molar-refractivity contribution in [3.63, 3.8) is 0 Å². The average Bonchev–Trinajstić information content (AvgIpc) is 3.37. The van der Waals surface area contributed by atoms with Crippen LogP contribution in [0.3, 0.4) is 0 Å². The Bertz CT molecular complexity index is 1460. The van der Waals surface area contributed by atoms with Crippen LogP contribution in [0.5, 0.6) is 11.5 Å². The molecule has 2 aromatic heterocycles. The SMILES string of the molecule is CC(=O)ONC(=O)c1cc(-c2cc(Oc3ccc(NC(=O)Nc4cc(C)ccc4F)cc3)ccn2)cs1. The van der Waals surface area contributed by atoms with Crippen molar-refractivity contribution >= 4 is 40.6 Å². The smallest absolute Gasteiger partial charge is 0.329 e. The number of amides is 3. The fourth-order valence-corrected chi connectivity index (χ4v) is 3.94. The van der Waals surface area contributed by atoms with Gasteiger partial charge >= 0.3 is 12.0 Å². The van der Waals surface area contributed by atoms with E-state index in [0.29, 0.717) is 33.3 Å². The van der Waals surface area contributed by atoms with E-state index in [1.54, 1.807) is 73.1 Å². The van der Waals surface area contributed by atoms with Crippen LogP contribution in [0.15, 0.2) is 72.2 Å². The van der Waals surface area contributed by atoms with E-state index in [9.17, 15) is 18.8 Å². The van der Waals surface area contributed by atoms with Gasteiger partial charge in [-0.25, -0.2) is 9.18 Å². The number of hydroxylamine groups is 1. The van der Waals surface area contributed by atoms with Crippen LogP contribution in [0.4, 0.5) is 20.6 Å². The molecule has 0 aliphatic carbocycles. The van der Waals surface area contributed by atoms with E-state index in [1.165, 1.54) is 24.3 Å². The number of hydrogen-bond donors (Lipinski definition) is 3. The van der Waals surface area contributed by atoms with Crippen LogP contribution in [0.1, 0.15) is 22.2 Å². The molecule has 0 radical (unpaired) electrons. The van der Waals surface area contributed by atoms with Crippen LogP contribution >= 0.6 is 11.3 Å². The molecule has 9 nitrogen and oxygen atoms in total. The predicted molar refractivity (Wildman–Crippen MR) is 137 cm³/mol. The number of nitrogens with zero attached hydrogens (tertiary/aromatic N) is 1. The van der Waals surface area contributed by atoms with E-state index in [1.807, 2.05) is 0 Å². The van der Waals surface area contributed by atoms with E-state index in [-0.39, 0.29) is 5.69 Å². The van der Waals surface area contributed by atoms with Gasteiger partial charge in [0.25, 0.3) is 5.91 Å². The molecule has 3 amide bonds. The Morgan fingerprint density at radius 2 is 1.73 bits per heavy atom. The van der Waals surface area contributed by atoms with Gasteiger partial charge in [0, 0.05) is 35.8 Å². The molecule has 37 heavy (non-hydrogen) atoms. The van der Waals surface area contributed by atoms with E-state index in [2.05, 4.69) is 25.9 Å². The van der Waals surface area contributed by atoms with Gasteiger partial charge in [0.05, 0.1) is 16.3 Å². The standard InChI is InChI=1S/C26H21FN4O5S/c1-15-3-8-21(27)23(11-15)30-26(34)29-18-4-6-19(7-5-18)35-20-9-10-28-22(13-20)17-12-24(37-14-17)25(33)31-36-16(2)32/h3-14H,1-2H3,(H,31,33)(H2,29,30,34). The molecule has 0 fully saturated rings. The summed E-state index contributed by atoms with van der Waals surface area (Å²) in [5.41, 5.74) is 4.75. The number of carbonyl (C=O) groups is 3. The molecule has 0 spiro atoms. The molecule has 2 heterocycles. The summed E-state index contributed by atoms with van der Waals surface area (Å²) in [6, 6.07) is 15.5. The monoisotopic (exact) mass is 520 g/mol. The first kappa shape index (κ1) is 25.3. The molecule has 0 aliphatic rings. The summed E-state index contributed by atoms with van der Waals surface area (Å²) >= 11 is 1.18. The minimum absolute atomic E-state index is 0.0914. The zero-order valence-electron chi connectivity index (χ0n) is 19.7. The first-order valence-corrected chi connectivity index (χ1v) is 11.8. The number of hydrogen-bond acceptors (Lipinski definition) is 7. The molecule has 4 aromatic rings. The van der Waals surface area contributed by atoms with Gasteiger partial charge in [-0.2, -0.15) is 5.48 Å². The van der Waals surface area contributed by atoms with Crippen molar-refractivity contribution in [3.05, 3.63) is 88.5 Å². The molecule has 0 bridgehead atoms. The van der Waals surface area contributed by atoms with Crippen molar-refractivity contribution in [2.24, 2.45) is 0 Å². The molecule has 188 valence electrons. The lowest BCUT2D eigenvalue weighted by molar-refractivity contribution is -0.146. The first-order valence-electron chi connectivity index (χ1n) is 10.9. The predicted octanol–water partition coefficient (Wildman–Crippen LogP) is 5.90. The highest BCUT2D eigenvalue weighted by Crippen LogP contribution is 2.29. The Balaban J connectivity index is 1.37. The molecule has 4 rings (SSSR count). The van der Waals surface area contributed by atoms with Crippen LogP contribution in [-0.2, 0) is 9.63 Å². The number of ether oxygens (including phenoxy) is 1. The van der Waals surface area contributed by atoms with Crippen LogP contribution in [0, 0.1) is 12.7 Å². The number of nitrogens with one attached hydrogen (secondary N) is 3. The Morgan fingerprint density at radius 3 is 2.49 bits per heavy atom. The third-order valence-corrected chi connectivity index (χ3v) is 5.78. The average molecular weight is 521 g/mol. The lowest BCUT2D eigenvalue weighted by atomic mass is 10.2. The van der Waals surface area contributed by atoms with Crippen LogP contribution in [0.25, 0.3) is 11.3 Å². The van der Waals surface area contributed by atoms with Gasteiger partial charge in [-0.05, 0) is 61.0 Å². The van der Waals surface area contributed by atoms with Crippen molar-refractivity contribution in [2.75, 3.05) is 10.6 Å². The summed E-state index contributed by atoms with van der Waals surface area (Å²) in [5.74, 6) is -0.660. The number of pyridine rings is 1. The summed E-state index contributed by atoms with van der Waals surface area (Å²) in [7, 11) is 0. The summed E-state index contributed by atoms with van der Waals surface area (Å²) in [6.45, 7) is 2.99. The highest BCUT2D eigenvalue weighted by atomic mass is 32.1. The Labute approximate surface area is 215 Å². The second kappa shape index (κ2) is 11.3. The third-order valence-electron chi connectivity index (χ3n) is 4.86. The Hall–Kier alpha value is -4.77. The van der Waals surface area contributed by atoms with Gasteiger partial charge in [0.1, 0.15) is 17.3 Å². The highest BCUT2D eigenvalue weighted by Gasteiger charge is 2.13. The summed E-state index contributed by atoms with van der Waals surface area (Å²) in [4.78, 5) is 44.3. The molecule has 0 atom stereocenters. The van der Waals surface area contributed by atoms with Gasteiger partial charge in [-0.15, -0.1) is 11.3 Å². The van der Waals surface area contributed by atoms with Crippen molar-refractivity contribution < 1.29 is 28.3 Å². The van der Waals surface area contributed by atoms with Gasteiger partial charge in [-0.3, -0.25) is 14.6 Å². The van der Waals surface area contributed by atoms with Gasteiger partial charge in [-0.1, -0.05) is 6.07 Å². The van der Waals surface area contributed by atoms with Crippen molar-refractivity contribution in [1.29, 1.82) is 0 Å². The quantitative estimate of drug-likeness (QED) is 0.272. The summed E-state index contributed by atoms with van der Waals surface area (Å²) < 4.78 is 19.8. The molecule has 11 heteroatoms. The maximum Gasteiger partial charge on any atom is 0.329 e. The van der Waals surface area contributed by atoms with E-state index in [4.69, 9.17) is 4.74 Å². The molecule has 2 aromatic carbocycles. The molecule has 0 saturated heterocycles. The van der Waals surface area contributed by atoms with Gasteiger partial charge < -0.3 is 20.2 Å². The van der Waals surface area contributed by atoms with Crippen LogP contribution in [0.2, 0.25) is 0 Å².